The van der Waals surface area contributed by atoms with Crippen LogP contribution in [0, 0.1) is 6.92 Å². The summed E-state index contributed by atoms with van der Waals surface area (Å²) in [5.41, 5.74) is 2.07. The number of benzene rings is 1. The molecule has 0 unspecified atom stereocenters. The first-order valence-corrected chi connectivity index (χ1v) is 7.89. The van der Waals surface area contributed by atoms with Crippen molar-refractivity contribution < 1.29 is 14.0 Å². The molecule has 1 heterocycles. The molecule has 1 aromatic carbocycles. The first-order valence-electron chi connectivity index (χ1n) is 7.89. The molecule has 0 saturated carbocycles. The van der Waals surface area contributed by atoms with Gasteiger partial charge in [0.15, 0.2) is 0 Å². The van der Waals surface area contributed by atoms with E-state index >= 15 is 0 Å². The molecule has 24 heavy (non-hydrogen) atoms. The number of aryl methyl sites for hydroxylation is 1. The van der Waals surface area contributed by atoms with Crippen molar-refractivity contribution in [1.29, 1.82) is 0 Å². The van der Waals surface area contributed by atoms with Crippen molar-refractivity contribution in [1.82, 2.24) is 10.6 Å². The molecule has 0 atom stereocenters. The molecule has 0 spiro atoms. The Hall–Kier alpha value is -2.76. The lowest BCUT2D eigenvalue weighted by molar-refractivity contribution is -0.118. The van der Waals surface area contributed by atoms with Gasteiger partial charge in [-0.05, 0) is 44.5 Å². The molecule has 128 valence electrons. The maximum atomic E-state index is 12.2. The monoisotopic (exact) mass is 329 g/mol. The Balaban J connectivity index is 1.91. The van der Waals surface area contributed by atoms with Gasteiger partial charge in [0.05, 0.1) is 19.4 Å². The number of anilines is 1. The average molecular weight is 329 g/mol. The van der Waals surface area contributed by atoms with E-state index < -0.39 is 6.03 Å². The molecule has 0 saturated heterocycles. The molecule has 2 rings (SSSR count). The molecular weight excluding hydrogens is 306 g/mol. The van der Waals surface area contributed by atoms with Gasteiger partial charge in [-0.2, -0.15) is 0 Å². The summed E-state index contributed by atoms with van der Waals surface area (Å²) in [4.78, 5) is 25.9. The van der Waals surface area contributed by atoms with Gasteiger partial charge >= 0.3 is 6.03 Å². The summed E-state index contributed by atoms with van der Waals surface area (Å²) in [7, 11) is 0. The second-order valence-electron chi connectivity index (χ2n) is 5.82. The van der Waals surface area contributed by atoms with Crippen LogP contribution in [-0.2, 0) is 11.3 Å². The van der Waals surface area contributed by atoms with Crippen LogP contribution in [0.5, 0.6) is 0 Å². The second kappa shape index (κ2) is 8.19. The standard InChI is InChI=1S/C18H23N3O3/c1-13(2)21(16-9-5-4-7-14(16)3)12-17(22)20-18(23)19-11-15-8-6-10-24-15/h4-10,13H,11-12H2,1-3H3,(H2,19,20,22,23). The van der Waals surface area contributed by atoms with Gasteiger partial charge in [-0.1, -0.05) is 18.2 Å². The number of hydrogen-bond acceptors (Lipinski definition) is 4. The first kappa shape index (κ1) is 17.6. The van der Waals surface area contributed by atoms with Crippen LogP contribution in [-0.4, -0.2) is 24.5 Å². The lowest BCUT2D eigenvalue weighted by Gasteiger charge is -2.29. The minimum absolute atomic E-state index is 0.108. The third kappa shape index (κ3) is 4.87. The Bertz CT molecular complexity index is 681. The van der Waals surface area contributed by atoms with Crippen molar-refractivity contribution in [3.8, 4) is 0 Å². The summed E-state index contributed by atoms with van der Waals surface area (Å²) in [5, 5.41) is 4.93. The quantitative estimate of drug-likeness (QED) is 0.854. The maximum Gasteiger partial charge on any atom is 0.321 e. The van der Waals surface area contributed by atoms with Gasteiger partial charge in [0.25, 0.3) is 0 Å². The summed E-state index contributed by atoms with van der Waals surface area (Å²) < 4.78 is 5.12. The number of furan rings is 1. The number of para-hydroxylation sites is 1. The number of carbonyl (C=O) groups excluding carboxylic acids is 2. The number of rotatable bonds is 6. The summed E-state index contributed by atoms with van der Waals surface area (Å²) in [5.74, 6) is 0.269. The van der Waals surface area contributed by atoms with Crippen LogP contribution in [0.4, 0.5) is 10.5 Å². The molecule has 0 aliphatic rings. The van der Waals surface area contributed by atoms with Crippen LogP contribution in [0.2, 0.25) is 0 Å². The fourth-order valence-corrected chi connectivity index (χ4v) is 2.38. The lowest BCUT2D eigenvalue weighted by Crippen LogP contribution is -2.46. The summed E-state index contributed by atoms with van der Waals surface area (Å²) in [6.07, 6.45) is 1.53. The van der Waals surface area contributed by atoms with Crippen molar-refractivity contribution in [2.45, 2.75) is 33.4 Å². The molecule has 0 bridgehead atoms. The second-order valence-corrected chi connectivity index (χ2v) is 5.82. The highest BCUT2D eigenvalue weighted by atomic mass is 16.3. The molecule has 2 N–H and O–H groups in total. The minimum Gasteiger partial charge on any atom is -0.467 e. The van der Waals surface area contributed by atoms with Crippen LogP contribution >= 0.6 is 0 Å². The van der Waals surface area contributed by atoms with Crippen molar-refractivity contribution in [3.63, 3.8) is 0 Å². The highest BCUT2D eigenvalue weighted by Crippen LogP contribution is 2.21. The molecule has 0 aliphatic heterocycles. The predicted octanol–water partition coefficient (Wildman–Crippen LogP) is 2.83. The molecule has 6 nitrogen and oxygen atoms in total. The third-order valence-corrected chi connectivity index (χ3v) is 3.62. The van der Waals surface area contributed by atoms with Gasteiger partial charge in [0, 0.05) is 11.7 Å². The van der Waals surface area contributed by atoms with Gasteiger partial charge in [-0.25, -0.2) is 4.79 Å². The van der Waals surface area contributed by atoms with Crippen molar-refractivity contribution in [3.05, 3.63) is 54.0 Å². The Labute approximate surface area is 141 Å². The Morgan fingerprint density at radius 1 is 1.17 bits per heavy atom. The average Bonchev–Trinajstić information content (AvgIpc) is 3.04. The van der Waals surface area contributed by atoms with E-state index in [1.165, 1.54) is 6.26 Å². The minimum atomic E-state index is -0.537. The number of nitrogens with one attached hydrogen (secondary N) is 2. The van der Waals surface area contributed by atoms with Crippen LogP contribution in [0.3, 0.4) is 0 Å². The van der Waals surface area contributed by atoms with Crippen molar-refractivity contribution in [2.24, 2.45) is 0 Å². The first-order chi connectivity index (χ1) is 11.5. The smallest absolute Gasteiger partial charge is 0.321 e. The van der Waals surface area contributed by atoms with Gasteiger partial charge < -0.3 is 14.6 Å². The van der Waals surface area contributed by atoms with Crippen molar-refractivity contribution in [2.75, 3.05) is 11.4 Å². The summed E-state index contributed by atoms with van der Waals surface area (Å²) >= 11 is 0. The van der Waals surface area contributed by atoms with E-state index in [0.717, 1.165) is 11.3 Å². The van der Waals surface area contributed by atoms with Gasteiger partial charge in [0.2, 0.25) is 5.91 Å². The number of hydrogen-bond donors (Lipinski definition) is 2. The Kier molecular flexibility index (Phi) is 6.01. The summed E-state index contributed by atoms with van der Waals surface area (Å²) in [6, 6.07) is 10.9. The normalized spacial score (nSPS) is 10.5. The Morgan fingerprint density at radius 3 is 2.54 bits per heavy atom. The number of amides is 3. The fourth-order valence-electron chi connectivity index (χ4n) is 2.38. The van der Waals surface area contributed by atoms with Crippen LogP contribution < -0.4 is 15.5 Å². The van der Waals surface area contributed by atoms with E-state index in [1.807, 2.05) is 49.9 Å². The number of imide groups is 1. The van der Waals surface area contributed by atoms with E-state index in [0.29, 0.717) is 5.76 Å². The number of nitrogens with zero attached hydrogens (tertiary/aromatic N) is 1. The molecule has 3 amide bonds. The number of urea groups is 1. The van der Waals surface area contributed by atoms with Crippen molar-refractivity contribution >= 4 is 17.6 Å². The van der Waals surface area contributed by atoms with Gasteiger partial charge in [-0.15, -0.1) is 0 Å². The summed E-state index contributed by atoms with van der Waals surface area (Å²) in [6.45, 7) is 6.36. The SMILES string of the molecule is Cc1ccccc1N(CC(=O)NC(=O)NCc1ccco1)C(C)C. The van der Waals surface area contributed by atoms with Gasteiger partial charge in [-0.3, -0.25) is 10.1 Å². The molecule has 0 fully saturated rings. The predicted molar refractivity (Wildman–Crippen MR) is 92.7 cm³/mol. The maximum absolute atomic E-state index is 12.2. The van der Waals surface area contributed by atoms with E-state index in [9.17, 15) is 9.59 Å². The molecule has 1 aromatic heterocycles. The molecule has 0 radical (unpaired) electrons. The molecule has 6 heteroatoms. The van der Waals surface area contributed by atoms with Crippen LogP contribution in [0.1, 0.15) is 25.2 Å². The third-order valence-electron chi connectivity index (χ3n) is 3.62. The van der Waals surface area contributed by atoms with Crippen LogP contribution in [0.15, 0.2) is 47.1 Å². The zero-order chi connectivity index (χ0) is 17.5. The molecule has 0 aliphatic carbocycles. The van der Waals surface area contributed by atoms with E-state index in [1.54, 1.807) is 12.1 Å². The molecule has 2 aromatic rings. The number of carbonyl (C=O) groups is 2. The van der Waals surface area contributed by atoms with E-state index in [4.69, 9.17) is 4.42 Å². The fraction of sp³-hybridized carbons (Fsp3) is 0.333. The van der Waals surface area contributed by atoms with Crippen LogP contribution in [0.25, 0.3) is 0 Å². The highest BCUT2D eigenvalue weighted by molar-refractivity contribution is 5.96. The van der Waals surface area contributed by atoms with Gasteiger partial charge in [0.1, 0.15) is 5.76 Å². The lowest BCUT2D eigenvalue weighted by atomic mass is 10.1. The molecular formula is C18H23N3O3. The largest absolute Gasteiger partial charge is 0.467 e. The van der Waals surface area contributed by atoms with E-state index in [2.05, 4.69) is 10.6 Å². The Morgan fingerprint density at radius 2 is 1.92 bits per heavy atom. The zero-order valence-electron chi connectivity index (χ0n) is 14.2. The zero-order valence-corrected chi connectivity index (χ0v) is 14.2. The highest BCUT2D eigenvalue weighted by Gasteiger charge is 2.17. The topological polar surface area (TPSA) is 74.6 Å². The van der Waals surface area contributed by atoms with E-state index in [-0.39, 0.29) is 25.0 Å².